The highest BCUT2D eigenvalue weighted by atomic mass is 35.5. The van der Waals surface area contributed by atoms with Gasteiger partial charge in [0, 0.05) is 17.1 Å². The lowest BCUT2D eigenvalue weighted by atomic mass is 10.1. The Morgan fingerprint density at radius 2 is 1.91 bits per heavy atom. The van der Waals surface area contributed by atoms with Crippen LogP contribution >= 0.6 is 11.6 Å². The van der Waals surface area contributed by atoms with Crippen LogP contribution in [-0.2, 0) is 16.0 Å². The van der Waals surface area contributed by atoms with Crippen molar-refractivity contribution in [3.63, 3.8) is 0 Å². The highest BCUT2D eigenvalue weighted by molar-refractivity contribution is 6.31. The van der Waals surface area contributed by atoms with Crippen LogP contribution in [0.5, 0.6) is 0 Å². The lowest BCUT2D eigenvalue weighted by Gasteiger charge is -2.20. The van der Waals surface area contributed by atoms with E-state index >= 15 is 0 Å². The van der Waals surface area contributed by atoms with E-state index in [0.717, 1.165) is 0 Å². The molecule has 0 radical (unpaired) electrons. The molecule has 0 aliphatic rings. The SMILES string of the molecule is CC(C)(C)OC(=O)Nc1ccc(Cl)c(CC(F)(F)C(=O)O)c1. The molecule has 0 spiro atoms. The maximum Gasteiger partial charge on any atom is 0.412 e. The Morgan fingerprint density at radius 3 is 2.41 bits per heavy atom. The van der Waals surface area contributed by atoms with Gasteiger partial charge in [0.15, 0.2) is 0 Å². The molecule has 0 aliphatic carbocycles. The van der Waals surface area contributed by atoms with E-state index in [1.54, 1.807) is 20.8 Å². The average Bonchev–Trinajstić information content (AvgIpc) is 2.30. The molecule has 0 fully saturated rings. The van der Waals surface area contributed by atoms with Crippen LogP contribution in [0.2, 0.25) is 5.02 Å². The van der Waals surface area contributed by atoms with Crippen molar-refractivity contribution in [1.82, 2.24) is 0 Å². The highest BCUT2D eigenvalue weighted by Gasteiger charge is 2.39. The quantitative estimate of drug-likeness (QED) is 0.873. The van der Waals surface area contributed by atoms with Crippen molar-refractivity contribution < 1.29 is 28.2 Å². The maximum atomic E-state index is 13.3. The predicted molar refractivity (Wildman–Crippen MR) is 77.6 cm³/mol. The number of hydrogen-bond acceptors (Lipinski definition) is 3. The van der Waals surface area contributed by atoms with Crippen LogP contribution in [0.3, 0.4) is 0 Å². The van der Waals surface area contributed by atoms with Gasteiger partial charge in [-0.15, -0.1) is 0 Å². The van der Waals surface area contributed by atoms with E-state index in [1.807, 2.05) is 0 Å². The van der Waals surface area contributed by atoms with Crippen LogP contribution in [0.4, 0.5) is 19.3 Å². The number of nitrogens with one attached hydrogen (secondary N) is 1. The van der Waals surface area contributed by atoms with Gasteiger partial charge in [0.25, 0.3) is 0 Å². The van der Waals surface area contributed by atoms with Gasteiger partial charge in [0.1, 0.15) is 5.60 Å². The van der Waals surface area contributed by atoms with Crippen LogP contribution in [0, 0.1) is 0 Å². The Hall–Kier alpha value is -1.89. The normalized spacial score (nSPS) is 11.9. The van der Waals surface area contributed by atoms with Crippen molar-refractivity contribution in [2.24, 2.45) is 0 Å². The van der Waals surface area contributed by atoms with Crippen molar-refractivity contribution in [2.75, 3.05) is 5.32 Å². The first-order valence-corrected chi connectivity index (χ1v) is 6.68. The number of anilines is 1. The molecule has 8 heteroatoms. The highest BCUT2D eigenvalue weighted by Crippen LogP contribution is 2.28. The fourth-order valence-electron chi connectivity index (χ4n) is 1.52. The lowest BCUT2D eigenvalue weighted by molar-refractivity contribution is -0.164. The molecule has 1 rings (SSSR count). The first-order valence-electron chi connectivity index (χ1n) is 6.30. The van der Waals surface area contributed by atoms with E-state index in [1.165, 1.54) is 18.2 Å². The molecule has 1 aromatic rings. The zero-order valence-corrected chi connectivity index (χ0v) is 13.0. The summed E-state index contributed by atoms with van der Waals surface area (Å²) >= 11 is 5.78. The second kappa shape index (κ2) is 6.48. The number of carboxylic acid groups (broad SMARTS) is 1. The van der Waals surface area contributed by atoms with Gasteiger partial charge in [-0.05, 0) is 44.5 Å². The third-order valence-corrected chi connectivity index (χ3v) is 2.79. The maximum absolute atomic E-state index is 13.3. The van der Waals surface area contributed by atoms with Crippen LogP contribution < -0.4 is 5.32 Å². The Bertz CT molecular complexity index is 585. The van der Waals surface area contributed by atoms with Gasteiger partial charge < -0.3 is 9.84 Å². The van der Waals surface area contributed by atoms with Crippen molar-refractivity contribution in [3.05, 3.63) is 28.8 Å². The van der Waals surface area contributed by atoms with Gasteiger partial charge >= 0.3 is 18.0 Å². The molecule has 5 nitrogen and oxygen atoms in total. The Labute approximate surface area is 131 Å². The summed E-state index contributed by atoms with van der Waals surface area (Å²) in [4.78, 5) is 22.1. The minimum atomic E-state index is -3.95. The molecule has 122 valence electrons. The summed E-state index contributed by atoms with van der Waals surface area (Å²) in [6, 6.07) is 3.87. The molecule has 2 N–H and O–H groups in total. The van der Waals surface area contributed by atoms with E-state index in [4.69, 9.17) is 21.4 Å². The number of hydrogen-bond donors (Lipinski definition) is 2. The van der Waals surface area contributed by atoms with Crippen LogP contribution in [0.25, 0.3) is 0 Å². The predicted octanol–water partition coefficient (Wildman–Crippen LogP) is 3.95. The Morgan fingerprint density at radius 1 is 1.32 bits per heavy atom. The van der Waals surface area contributed by atoms with Gasteiger partial charge in [-0.1, -0.05) is 11.6 Å². The Balaban J connectivity index is 2.91. The summed E-state index contributed by atoms with van der Waals surface area (Å²) in [7, 11) is 0. The molecule has 0 aliphatic heterocycles. The summed E-state index contributed by atoms with van der Waals surface area (Å²) < 4.78 is 31.5. The van der Waals surface area contributed by atoms with E-state index in [2.05, 4.69) is 5.32 Å². The largest absolute Gasteiger partial charge is 0.477 e. The van der Waals surface area contributed by atoms with Crippen molar-refractivity contribution >= 4 is 29.4 Å². The topological polar surface area (TPSA) is 75.6 Å². The van der Waals surface area contributed by atoms with Gasteiger partial charge in [-0.2, -0.15) is 8.78 Å². The van der Waals surface area contributed by atoms with Gasteiger partial charge in [-0.3, -0.25) is 5.32 Å². The molecular weight excluding hydrogens is 320 g/mol. The molecule has 0 unspecified atom stereocenters. The first kappa shape index (κ1) is 18.2. The second-order valence-electron chi connectivity index (χ2n) is 5.62. The fraction of sp³-hybridized carbons (Fsp3) is 0.429. The Kier molecular flexibility index (Phi) is 5.35. The molecule has 0 heterocycles. The van der Waals surface area contributed by atoms with Crippen LogP contribution in [0.1, 0.15) is 26.3 Å². The second-order valence-corrected chi connectivity index (χ2v) is 6.03. The van der Waals surface area contributed by atoms with E-state index < -0.39 is 30.0 Å². The standard InChI is InChI=1S/C14H16ClF2NO4/c1-13(2,3)22-12(21)18-9-4-5-10(15)8(6-9)7-14(16,17)11(19)20/h4-6H,7H2,1-3H3,(H,18,21)(H,19,20). The van der Waals surface area contributed by atoms with E-state index in [-0.39, 0.29) is 16.3 Å². The number of rotatable bonds is 4. The number of carbonyl (C=O) groups is 2. The summed E-state index contributed by atoms with van der Waals surface area (Å²) in [5.74, 6) is -6.19. The summed E-state index contributed by atoms with van der Waals surface area (Å²) in [6.07, 6.45) is -1.84. The molecular formula is C14H16ClF2NO4. The molecule has 0 aromatic heterocycles. The number of halogens is 3. The zero-order chi connectivity index (χ0) is 17.1. The minimum Gasteiger partial charge on any atom is -0.477 e. The molecule has 0 atom stereocenters. The van der Waals surface area contributed by atoms with Crippen molar-refractivity contribution in [1.29, 1.82) is 0 Å². The third-order valence-electron chi connectivity index (χ3n) is 2.42. The molecule has 0 bridgehead atoms. The number of carboxylic acids is 1. The fourth-order valence-corrected chi connectivity index (χ4v) is 1.71. The first-order chi connectivity index (χ1) is 9.90. The van der Waals surface area contributed by atoms with Crippen LogP contribution in [-0.4, -0.2) is 28.7 Å². The van der Waals surface area contributed by atoms with E-state index in [0.29, 0.717) is 0 Å². The zero-order valence-electron chi connectivity index (χ0n) is 12.2. The van der Waals surface area contributed by atoms with Crippen LogP contribution in [0.15, 0.2) is 18.2 Å². The van der Waals surface area contributed by atoms with Gasteiger partial charge in [0.2, 0.25) is 0 Å². The molecule has 1 aromatic carbocycles. The van der Waals surface area contributed by atoms with Crippen molar-refractivity contribution in [3.8, 4) is 0 Å². The third kappa shape index (κ3) is 5.48. The molecule has 0 saturated carbocycles. The number of benzene rings is 1. The number of carbonyl (C=O) groups excluding carboxylic acids is 1. The number of ether oxygens (including phenoxy) is 1. The monoisotopic (exact) mass is 335 g/mol. The number of aliphatic carboxylic acids is 1. The minimum absolute atomic E-state index is 0.0179. The summed E-state index contributed by atoms with van der Waals surface area (Å²) in [5, 5.41) is 10.8. The summed E-state index contributed by atoms with van der Waals surface area (Å²) in [5.41, 5.74) is -0.632. The molecule has 0 saturated heterocycles. The van der Waals surface area contributed by atoms with Gasteiger partial charge in [0.05, 0.1) is 0 Å². The molecule has 22 heavy (non-hydrogen) atoms. The van der Waals surface area contributed by atoms with E-state index in [9.17, 15) is 18.4 Å². The number of alkyl halides is 2. The average molecular weight is 336 g/mol. The lowest BCUT2D eigenvalue weighted by Crippen LogP contribution is -2.31. The summed E-state index contributed by atoms with van der Waals surface area (Å²) in [6.45, 7) is 5.02. The smallest absolute Gasteiger partial charge is 0.412 e. The van der Waals surface area contributed by atoms with Crippen molar-refractivity contribution in [2.45, 2.75) is 38.7 Å². The number of amides is 1. The molecule has 1 amide bonds. The van der Waals surface area contributed by atoms with Gasteiger partial charge in [-0.25, -0.2) is 9.59 Å².